The average Bonchev–Trinajstić information content (AvgIpc) is 3.10. The van der Waals surface area contributed by atoms with Gasteiger partial charge >= 0.3 is 6.09 Å². The van der Waals surface area contributed by atoms with Crippen molar-refractivity contribution in [1.29, 1.82) is 0 Å². The molecule has 0 radical (unpaired) electrons. The highest BCUT2D eigenvalue weighted by molar-refractivity contribution is 5.93. The van der Waals surface area contributed by atoms with Gasteiger partial charge in [-0.2, -0.15) is 0 Å². The summed E-state index contributed by atoms with van der Waals surface area (Å²) < 4.78 is 5.58. The predicted octanol–water partition coefficient (Wildman–Crippen LogP) is 3.33. The lowest BCUT2D eigenvalue weighted by atomic mass is 9.89. The van der Waals surface area contributed by atoms with E-state index in [4.69, 9.17) is 4.74 Å². The molecule has 6 nitrogen and oxygen atoms in total. The van der Waals surface area contributed by atoms with Crippen molar-refractivity contribution >= 4 is 12.0 Å². The second-order valence-corrected chi connectivity index (χ2v) is 8.28. The molecule has 0 unspecified atom stereocenters. The van der Waals surface area contributed by atoms with Crippen molar-refractivity contribution in [2.45, 2.75) is 58.1 Å². The lowest BCUT2D eigenvalue weighted by Crippen LogP contribution is -2.49. The molecule has 2 aliphatic heterocycles. The van der Waals surface area contributed by atoms with Gasteiger partial charge in [0.1, 0.15) is 5.60 Å². The molecule has 3 heterocycles. The largest absolute Gasteiger partial charge is 0.444 e. The Labute approximate surface area is 155 Å². The zero-order valence-corrected chi connectivity index (χ0v) is 16.0. The van der Waals surface area contributed by atoms with Crippen molar-refractivity contribution in [3.05, 3.63) is 30.1 Å². The van der Waals surface area contributed by atoms with E-state index in [1.165, 1.54) is 0 Å². The summed E-state index contributed by atoms with van der Waals surface area (Å²) >= 11 is 0. The molecule has 1 aromatic rings. The van der Waals surface area contributed by atoms with Crippen molar-refractivity contribution < 1.29 is 14.3 Å². The third-order valence-electron chi connectivity index (χ3n) is 5.12. The fourth-order valence-electron chi connectivity index (χ4n) is 4.01. The maximum atomic E-state index is 12.7. The first kappa shape index (κ1) is 18.7. The molecule has 0 aromatic carbocycles. The van der Waals surface area contributed by atoms with E-state index in [-0.39, 0.29) is 18.0 Å². The molecular formula is C20H29N3O3. The van der Waals surface area contributed by atoms with E-state index < -0.39 is 5.60 Å². The molecule has 2 aliphatic rings. The first-order chi connectivity index (χ1) is 12.3. The van der Waals surface area contributed by atoms with Crippen LogP contribution in [0.4, 0.5) is 4.79 Å². The summed E-state index contributed by atoms with van der Waals surface area (Å²) in [5.41, 5.74) is 0.141. The van der Waals surface area contributed by atoms with Crippen molar-refractivity contribution in [1.82, 2.24) is 14.8 Å². The third-order valence-corrected chi connectivity index (χ3v) is 5.12. The van der Waals surface area contributed by atoms with E-state index in [1.54, 1.807) is 18.5 Å². The van der Waals surface area contributed by atoms with Gasteiger partial charge in [-0.25, -0.2) is 4.79 Å². The number of hydrogen-bond donors (Lipinski definition) is 0. The number of carbonyl (C=O) groups is 2. The fourth-order valence-corrected chi connectivity index (χ4v) is 4.01. The van der Waals surface area contributed by atoms with Crippen LogP contribution < -0.4 is 0 Å². The number of carbonyl (C=O) groups excluding carboxylic acids is 2. The van der Waals surface area contributed by atoms with Crippen molar-refractivity contribution in [3.8, 4) is 0 Å². The van der Waals surface area contributed by atoms with Gasteiger partial charge in [0.25, 0.3) is 5.91 Å². The van der Waals surface area contributed by atoms with Gasteiger partial charge < -0.3 is 14.5 Å². The van der Waals surface area contributed by atoms with Gasteiger partial charge in [-0.1, -0.05) is 0 Å². The molecule has 2 saturated heterocycles. The zero-order chi connectivity index (χ0) is 18.7. The molecule has 0 aliphatic carbocycles. The number of likely N-dealkylation sites (tertiary alicyclic amines) is 2. The second-order valence-electron chi connectivity index (χ2n) is 8.28. The molecule has 0 bridgehead atoms. The molecule has 0 N–H and O–H groups in total. The molecule has 3 rings (SSSR count). The molecule has 2 fully saturated rings. The highest BCUT2D eigenvalue weighted by atomic mass is 16.6. The van der Waals surface area contributed by atoms with Crippen molar-refractivity contribution in [2.75, 3.05) is 19.6 Å². The molecule has 0 spiro atoms. The average molecular weight is 359 g/mol. The summed E-state index contributed by atoms with van der Waals surface area (Å²) in [7, 11) is 0. The van der Waals surface area contributed by atoms with Crippen LogP contribution in [0, 0.1) is 5.92 Å². The molecule has 2 amide bonds. The van der Waals surface area contributed by atoms with Crippen LogP contribution in [0.25, 0.3) is 0 Å². The van der Waals surface area contributed by atoms with Gasteiger partial charge in [0.15, 0.2) is 0 Å². The van der Waals surface area contributed by atoms with Gasteiger partial charge in [0, 0.05) is 38.1 Å². The Balaban J connectivity index is 1.67. The first-order valence-electron chi connectivity index (χ1n) is 9.54. The number of ether oxygens (including phenoxy) is 1. The lowest BCUT2D eigenvalue weighted by Gasteiger charge is -2.39. The Hall–Kier alpha value is -2.11. The quantitative estimate of drug-likeness (QED) is 0.812. The number of rotatable bonds is 2. The van der Waals surface area contributed by atoms with Gasteiger partial charge in [-0.15, -0.1) is 0 Å². The van der Waals surface area contributed by atoms with E-state index in [0.29, 0.717) is 18.0 Å². The Kier molecular flexibility index (Phi) is 5.49. The zero-order valence-electron chi connectivity index (χ0n) is 16.0. The lowest BCUT2D eigenvalue weighted by molar-refractivity contribution is 0.0127. The summed E-state index contributed by atoms with van der Waals surface area (Å²) in [6, 6.07) is 3.76. The molecule has 26 heavy (non-hydrogen) atoms. The summed E-state index contributed by atoms with van der Waals surface area (Å²) in [5.74, 6) is 0.337. The fraction of sp³-hybridized carbons (Fsp3) is 0.650. The SMILES string of the molecule is CC(C)(C)OC(=O)N1CCC[C@H]1[C@H]1CCCN(C(=O)c2cccnc2)C1. The maximum absolute atomic E-state index is 12.7. The first-order valence-corrected chi connectivity index (χ1v) is 9.54. The molecule has 1 aromatic heterocycles. The Morgan fingerprint density at radius 1 is 1.19 bits per heavy atom. The molecule has 6 heteroatoms. The topological polar surface area (TPSA) is 62.7 Å². The molecular weight excluding hydrogens is 330 g/mol. The third kappa shape index (κ3) is 4.34. The summed E-state index contributed by atoms with van der Waals surface area (Å²) in [6.07, 6.45) is 7.06. The Morgan fingerprint density at radius 3 is 2.65 bits per heavy atom. The number of aromatic nitrogens is 1. The van der Waals surface area contributed by atoms with Crippen LogP contribution in [-0.2, 0) is 4.74 Å². The van der Waals surface area contributed by atoms with Crippen LogP contribution in [0.5, 0.6) is 0 Å². The highest BCUT2D eigenvalue weighted by Crippen LogP contribution is 2.32. The summed E-state index contributed by atoms with van der Waals surface area (Å²) in [6.45, 7) is 7.88. The Morgan fingerprint density at radius 2 is 1.96 bits per heavy atom. The predicted molar refractivity (Wildman–Crippen MR) is 98.8 cm³/mol. The van der Waals surface area contributed by atoms with E-state index >= 15 is 0 Å². The van der Waals surface area contributed by atoms with E-state index in [0.717, 1.165) is 38.8 Å². The minimum absolute atomic E-state index is 0.0321. The number of nitrogens with zero attached hydrogens (tertiary/aromatic N) is 3. The van der Waals surface area contributed by atoms with Gasteiger partial charge in [-0.05, 0) is 64.5 Å². The van der Waals surface area contributed by atoms with Crippen LogP contribution in [0.2, 0.25) is 0 Å². The van der Waals surface area contributed by atoms with Crippen molar-refractivity contribution in [2.24, 2.45) is 5.92 Å². The van der Waals surface area contributed by atoms with Crippen LogP contribution in [-0.4, -0.2) is 58.1 Å². The minimum Gasteiger partial charge on any atom is -0.444 e. The Bertz CT molecular complexity index is 641. The number of amides is 2. The van der Waals surface area contributed by atoms with Gasteiger partial charge in [0.05, 0.1) is 5.56 Å². The van der Waals surface area contributed by atoms with Crippen LogP contribution in [0.15, 0.2) is 24.5 Å². The van der Waals surface area contributed by atoms with Crippen LogP contribution in [0.3, 0.4) is 0 Å². The second kappa shape index (κ2) is 7.64. The van der Waals surface area contributed by atoms with Gasteiger partial charge in [0.2, 0.25) is 0 Å². The molecule has 142 valence electrons. The summed E-state index contributed by atoms with van der Waals surface area (Å²) in [4.78, 5) is 33.2. The highest BCUT2D eigenvalue weighted by Gasteiger charge is 2.39. The van der Waals surface area contributed by atoms with E-state index in [1.807, 2.05) is 36.6 Å². The van der Waals surface area contributed by atoms with E-state index in [9.17, 15) is 9.59 Å². The van der Waals surface area contributed by atoms with Crippen molar-refractivity contribution in [3.63, 3.8) is 0 Å². The molecule has 0 saturated carbocycles. The van der Waals surface area contributed by atoms with Crippen LogP contribution in [0.1, 0.15) is 56.8 Å². The minimum atomic E-state index is -0.487. The smallest absolute Gasteiger partial charge is 0.410 e. The van der Waals surface area contributed by atoms with Gasteiger partial charge in [-0.3, -0.25) is 9.78 Å². The summed E-state index contributed by atoms with van der Waals surface area (Å²) in [5, 5.41) is 0. The van der Waals surface area contributed by atoms with Crippen LogP contribution >= 0.6 is 0 Å². The number of hydrogen-bond acceptors (Lipinski definition) is 4. The molecule has 2 atom stereocenters. The monoisotopic (exact) mass is 359 g/mol. The number of pyridine rings is 1. The normalized spacial score (nSPS) is 23.8. The maximum Gasteiger partial charge on any atom is 0.410 e. The van der Waals surface area contributed by atoms with E-state index in [2.05, 4.69) is 4.98 Å². The standard InChI is InChI=1S/C20H29N3O3/c1-20(2,3)26-19(25)23-12-6-9-17(23)16-8-5-11-22(14-16)18(24)15-7-4-10-21-13-15/h4,7,10,13,16-17H,5-6,8-9,11-12,14H2,1-3H3/t16-,17-/m0/s1. The number of piperidine rings is 1.